The van der Waals surface area contributed by atoms with E-state index in [2.05, 4.69) is 32.3 Å². The molecule has 0 aliphatic carbocycles. The first-order valence-electron chi connectivity index (χ1n) is 6.63. The summed E-state index contributed by atoms with van der Waals surface area (Å²) in [6, 6.07) is 11.5. The van der Waals surface area contributed by atoms with E-state index >= 15 is 0 Å². The number of anilines is 1. The molecule has 1 heterocycles. The lowest BCUT2D eigenvalue weighted by Crippen LogP contribution is -2.10. The van der Waals surface area contributed by atoms with Gasteiger partial charge in [-0.3, -0.25) is 0 Å². The van der Waals surface area contributed by atoms with Crippen LogP contribution in [0.4, 0.5) is 5.69 Å². The van der Waals surface area contributed by atoms with Gasteiger partial charge in [0.2, 0.25) is 5.88 Å². The fourth-order valence-electron chi connectivity index (χ4n) is 1.84. The van der Waals surface area contributed by atoms with Gasteiger partial charge in [0.1, 0.15) is 0 Å². The Bertz CT molecular complexity index is 665. The first-order chi connectivity index (χ1) is 10.1. The molecule has 1 aromatic heterocycles. The smallest absolute Gasteiger partial charge is 0.218 e. The SMILES string of the molecule is CC(C)Oc1ncccc1CNc1cc(Br)cc(C#N)c1. The molecule has 0 aliphatic rings. The number of ether oxygens (including phenoxy) is 1. The third-order valence-electron chi connectivity index (χ3n) is 2.71. The number of hydrogen-bond acceptors (Lipinski definition) is 4. The van der Waals surface area contributed by atoms with Crippen LogP contribution in [0.25, 0.3) is 0 Å². The number of nitrogens with one attached hydrogen (secondary N) is 1. The van der Waals surface area contributed by atoms with Crippen molar-refractivity contribution >= 4 is 21.6 Å². The van der Waals surface area contributed by atoms with E-state index in [1.165, 1.54) is 0 Å². The van der Waals surface area contributed by atoms with Gasteiger partial charge in [0, 0.05) is 28.5 Å². The predicted molar refractivity (Wildman–Crippen MR) is 86.2 cm³/mol. The van der Waals surface area contributed by atoms with Crippen molar-refractivity contribution < 1.29 is 4.74 Å². The summed E-state index contributed by atoms with van der Waals surface area (Å²) in [5.41, 5.74) is 2.46. The lowest BCUT2D eigenvalue weighted by atomic mass is 10.2. The fourth-order valence-corrected chi connectivity index (χ4v) is 2.33. The fraction of sp³-hybridized carbons (Fsp3) is 0.250. The average Bonchev–Trinajstić information content (AvgIpc) is 2.45. The molecular weight excluding hydrogens is 330 g/mol. The summed E-state index contributed by atoms with van der Waals surface area (Å²) in [6.07, 6.45) is 1.79. The van der Waals surface area contributed by atoms with E-state index in [1.807, 2.05) is 38.1 Å². The zero-order chi connectivity index (χ0) is 15.2. The minimum atomic E-state index is 0.0784. The van der Waals surface area contributed by atoms with Crippen molar-refractivity contribution in [3.8, 4) is 11.9 Å². The van der Waals surface area contributed by atoms with E-state index in [9.17, 15) is 0 Å². The molecular formula is C16H16BrN3O. The van der Waals surface area contributed by atoms with Crippen LogP contribution in [0.15, 0.2) is 41.0 Å². The minimum absolute atomic E-state index is 0.0784. The Kier molecular flexibility index (Phi) is 5.18. The van der Waals surface area contributed by atoms with Crippen molar-refractivity contribution in [3.63, 3.8) is 0 Å². The third-order valence-corrected chi connectivity index (χ3v) is 3.16. The van der Waals surface area contributed by atoms with Gasteiger partial charge >= 0.3 is 0 Å². The van der Waals surface area contributed by atoms with E-state index in [1.54, 1.807) is 12.3 Å². The molecule has 5 heteroatoms. The van der Waals surface area contributed by atoms with Gasteiger partial charge in [-0.1, -0.05) is 22.0 Å². The maximum atomic E-state index is 8.99. The number of aromatic nitrogens is 1. The zero-order valence-electron chi connectivity index (χ0n) is 11.9. The van der Waals surface area contributed by atoms with Crippen molar-refractivity contribution in [3.05, 3.63) is 52.1 Å². The summed E-state index contributed by atoms with van der Waals surface area (Å²) in [4.78, 5) is 4.26. The molecule has 2 rings (SSSR count). The van der Waals surface area contributed by atoms with Crippen LogP contribution < -0.4 is 10.1 Å². The monoisotopic (exact) mass is 345 g/mol. The summed E-state index contributed by atoms with van der Waals surface area (Å²) in [5.74, 6) is 0.635. The molecule has 0 unspecified atom stereocenters. The molecule has 4 nitrogen and oxygen atoms in total. The molecule has 108 valence electrons. The van der Waals surface area contributed by atoms with Gasteiger partial charge in [-0.05, 0) is 38.1 Å². The molecule has 0 saturated heterocycles. The Morgan fingerprint density at radius 1 is 1.38 bits per heavy atom. The summed E-state index contributed by atoms with van der Waals surface area (Å²) in [5, 5.41) is 12.3. The minimum Gasteiger partial charge on any atom is -0.475 e. The lowest BCUT2D eigenvalue weighted by Gasteiger charge is -2.14. The van der Waals surface area contributed by atoms with Gasteiger partial charge in [0.25, 0.3) is 0 Å². The Labute approximate surface area is 132 Å². The van der Waals surface area contributed by atoms with E-state index < -0.39 is 0 Å². The Balaban J connectivity index is 2.13. The molecule has 0 spiro atoms. The van der Waals surface area contributed by atoms with Crippen molar-refractivity contribution in [1.82, 2.24) is 4.98 Å². The highest BCUT2D eigenvalue weighted by molar-refractivity contribution is 9.10. The van der Waals surface area contributed by atoms with Gasteiger partial charge in [-0.15, -0.1) is 0 Å². The van der Waals surface area contributed by atoms with Crippen LogP contribution in [-0.2, 0) is 6.54 Å². The summed E-state index contributed by atoms with van der Waals surface area (Å²) < 4.78 is 6.56. The second-order valence-electron chi connectivity index (χ2n) is 4.83. The van der Waals surface area contributed by atoms with Crippen molar-refractivity contribution in [2.45, 2.75) is 26.5 Å². The van der Waals surface area contributed by atoms with Crippen LogP contribution in [0, 0.1) is 11.3 Å². The number of pyridine rings is 1. The van der Waals surface area contributed by atoms with Crippen LogP contribution in [0.3, 0.4) is 0 Å². The Hall–Kier alpha value is -2.06. The molecule has 1 aromatic carbocycles. The largest absolute Gasteiger partial charge is 0.475 e. The molecule has 2 aromatic rings. The predicted octanol–water partition coefficient (Wildman–Crippen LogP) is 4.12. The molecule has 0 amide bonds. The molecule has 0 atom stereocenters. The normalized spacial score (nSPS) is 10.2. The van der Waals surface area contributed by atoms with Crippen molar-refractivity contribution in [2.75, 3.05) is 5.32 Å². The highest BCUT2D eigenvalue weighted by Gasteiger charge is 2.07. The molecule has 0 aliphatic heterocycles. The summed E-state index contributed by atoms with van der Waals surface area (Å²) in [7, 11) is 0. The number of rotatable bonds is 5. The quantitative estimate of drug-likeness (QED) is 0.885. The number of nitrogens with zero attached hydrogens (tertiary/aromatic N) is 2. The maximum absolute atomic E-state index is 8.99. The van der Waals surface area contributed by atoms with Crippen LogP contribution >= 0.6 is 15.9 Å². The van der Waals surface area contributed by atoms with Crippen LogP contribution in [0.1, 0.15) is 25.0 Å². The standard InChI is InChI=1S/C16H16BrN3O/c1-11(2)21-16-13(4-3-5-19-16)10-20-15-7-12(9-18)6-14(17)8-15/h3-8,11,20H,10H2,1-2H3. The van der Waals surface area contributed by atoms with Gasteiger partial charge < -0.3 is 10.1 Å². The number of hydrogen-bond donors (Lipinski definition) is 1. The highest BCUT2D eigenvalue weighted by Crippen LogP contribution is 2.22. The van der Waals surface area contributed by atoms with E-state index in [0.717, 1.165) is 15.7 Å². The topological polar surface area (TPSA) is 57.9 Å². The second-order valence-corrected chi connectivity index (χ2v) is 5.74. The van der Waals surface area contributed by atoms with E-state index in [0.29, 0.717) is 18.0 Å². The molecule has 0 fully saturated rings. The van der Waals surface area contributed by atoms with Gasteiger partial charge in [-0.2, -0.15) is 5.26 Å². The van der Waals surface area contributed by atoms with Gasteiger partial charge in [-0.25, -0.2) is 4.98 Å². The van der Waals surface area contributed by atoms with Crippen molar-refractivity contribution in [1.29, 1.82) is 5.26 Å². The van der Waals surface area contributed by atoms with Crippen LogP contribution in [0.5, 0.6) is 5.88 Å². The number of benzene rings is 1. The van der Waals surface area contributed by atoms with Crippen molar-refractivity contribution in [2.24, 2.45) is 0 Å². The maximum Gasteiger partial charge on any atom is 0.218 e. The molecule has 0 bridgehead atoms. The van der Waals surface area contributed by atoms with E-state index in [4.69, 9.17) is 10.00 Å². The average molecular weight is 346 g/mol. The third kappa shape index (κ3) is 4.47. The lowest BCUT2D eigenvalue weighted by molar-refractivity contribution is 0.230. The van der Waals surface area contributed by atoms with E-state index in [-0.39, 0.29) is 6.10 Å². The molecule has 0 saturated carbocycles. The highest BCUT2D eigenvalue weighted by atomic mass is 79.9. The van der Waals surface area contributed by atoms with Crippen LogP contribution in [-0.4, -0.2) is 11.1 Å². The number of halogens is 1. The van der Waals surface area contributed by atoms with Gasteiger partial charge in [0.15, 0.2) is 0 Å². The summed E-state index contributed by atoms with van der Waals surface area (Å²) >= 11 is 3.40. The Morgan fingerprint density at radius 3 is 2.90 bits per heavy atom. The van der Waals surface area contributed by atoms with Gasteiger partial charge in [0.05, 0.1) is 17.7 Å². The first kappa shape index (κ1) is 15.3. The molecule has 21 heavy (non-hydrogen) atoms. The number of nitriles is 1. The van der Waals surface area contributed by atoms with Crippen LogP contribution in [0.2, 0.25) is 0 Å². The zero-order valence-corrected chi connectivity index (χ0v) is 13.5. The summed E-state index contributed by atoms with van der Waals surface area (Å²) in [6.45, 7) is 4.52. The first-order valence-corrected chi connectivity index (χ1v) is 7.43. The molecule has 0 radical (unpaired) electrons. The second kappa shape index (κ2) is 7.09. The Morgan fingerprint density at radius 2 is 2.19 bits per heavy atom. The molecule has 1 N–H and O–H groups in total.